The largest absolute Gasteiger partial charge is 0.292 e. The molecule has 54 valence electrons. The fourth-order valence-corrected chi connectivity index (χ4v) is 0.899. The van der Waals surface area contributed by atoms with E-state index in [2.05, 4.69) is 4.99 Å². The molecular weight excluding hydrogens is 126 g/mol. The highest BCUT2D eigenvalue weighted by Crippen LogP contribution is 2.11. The first-order valence-electron chi connectivity index (χ1n) is 3.51. The average Bonchev–Trinajstić information content (AvgIpc) is 2.34. The molecule has 2 nitrogen and oxygen atoms in total. The zero-order valence-corrected chi connectivity index (χ0v) is 6.35. The number of hydrogen-bond acceptors (Lipinski definition) is 2. The van der Waals surface area contributed by atoms with Gasteiger partial charge < -0.3 is 0 Å². The smallest absolute Gasteiger partial charge is 0.180 e. The van der Waals surface area contributed by atoms with E-state index in [1.54, 1.807) is 0 Å². The predicted octanol–water partition coefficient (Wildman–Crippen LogP) is 1.71. The van der Waals surface area contributed by atoms with E-state index in [0.29, 0.717) is 12.1 Å². The lowest BCUT2D eigenvalue weighted by Gasteiger charge is -1.90. The lowest BCUT2D eigenvalue weighted by molar-refractivity contribution is -0.115. The molecule has 0 unspecified atom stereocenters. The number of ketones is 1. The van der Waals surface area contributed by atoms with Gasteiger partial charge in [0.15, 0.2) is 5.78 Å². The van der Waals surface area contributed by atoms with Gasteiger partial charge in [-0.05, 0) is 13.0 Å². The van der Waals surface area contributed by atoms with Gasteiger partial charge in [0.25, 0.3) is 0 Å². The second kappa shape index (κ2) is 2.78. The highest BCUT2D eigenvalue weighted by molar-refractivity contribution is 6.01. The van der Waals surface area contributed by atoms with Crippen LogP contribution in [0.4, 0.5) is 0 Å². The van der Waals surface area contributed by atoms with Gasteiger partial charge in [0, 0.05) is 18.6 Å². The number of aliphatic imine (C=N–C) groups is 1. The number of nitrogens with zero attached hydrogens (tertiary/aromatic N) is 1. The molecule has 0 amide bonds. The Morgan fingerprint density at radius 3 is 2.90 bits per heavy atom. The summed E-state index contributed by atoms with van der Waals surface area (Å²) in [5.74, 6) is 0.150. The van der Waals surface area contributed by atoms with Crippen LogP contribution in [0, 0.1) is 0 Å². The minimum atomic E-state index is 0.150. The molecule has 1 rings (SSSR count). The molecule has 0 N–H and O–H groups in total. The van der Waals surface area contributed by atoms with Crippen molar-refractivity contribution >= 4 is 11.5 Å². The molecular formula is C8H11NO. The lowest BCUT2D eigenvalue weighted by Crippen LogP contribution is -1.95. The first-order valence-corrected chi connectivity index (χ1v) is 3.51. The van der Waals surface area contributed by atoms with E-state index in [9.17, 15) is 4.79 Å². The Morgan fingerprint density at radius 2 is 2.50 bits per heavy atom. The summed E-state index contributed by atoms with van der Waals surface area (Å²) >= 11 is 0. The Labute approximate surface area is 60.7 Å². The van der Waals surface area contributed by atoms with Crippen LogP contribution in [0.1, 0.15) is 26.7 Å². The predicted molar refractivity (Wildman–Crippen MR) is 41.1 cm³/mol. The van der Waals surface area contributed by atoms with E-state index in [-0.39, 0.29) is 5.78 Å². The average molecular weight is 137 g/mol. The van der Waals surface area contributed by atoms with Crippen LogP contribution >= 0.6 is 0 Å². The quantitative estimate of drug-likeness (QED) is 0.569. The summed E-state index contributed by atoms with van der Waals surface area (Å²) < 4.78 is 0. The Hall–Kier alpha value is -0.920. The van der Waals surface area contributed by atoms with Crippen LogP contribution in [-0.4, -0.2) is 11.5 Å². The number of hydrogen-bond donors (Lipinski definition) is 0. The molecule has 0 aromatic heterocycles. The Bertz CT molecular complexity index is 213. The minimum Gasteiger partial charge on any atom is -0.292 e. The van der Waals surface area contributed by atoms with Crippen molar-refractivity contribution in [3.63, 3.8) is 0 Å². The van der Waals surface area contributed by atoms with Crippen molar-refractivity contribution in [1.82, 2.24) is 0 Å². The maximum Gasteiger partial charge on any atom is 0.180 e. The molecule has 1 heterocycles. The van der Waals surface area contributed by atoms with Crippen LogP contribution in [0.25, 0.3) is 0 Å². The molecule has 0 atom stereocenters. The second-order valence-corrected chi connectivity index (χ2v) is 2.42. The third-order valence-electron chi connectivity index (χ3n) is 1.51. The van der Waals surface area contributed by atoms with E-state index in [0.717, 1.165) is 12.1 Å². The number of carbonyl (C=O) groups is 1. The van der Waals surface area contributed by atoms with Crippen LogP contribution in [0.2, 0.25) is 0 Å². The van der Waals surface area contributed by atoms with Crippen LogP contribution < -0.4 is 0 Å². The summed E-state index contributed by atoms with van der Waals surface area (Å²) in [4.78, 5) is 15.1. The molecule has 1 aliphatic heterocycles. The van der Waals surface area contributed by atoms with Gasteiger partial charge in [0.2, 0.25) is 0 Å². The lowest BCUT2D eigenvalue weighted by atomic mass is 10.2. The van der Waals surface area contributed by atoms with Gasteiger partial charge in [-0.3, -0.25) is 9.79 Å². The van der Waals surface area contributed by atoms with Crippen molar-refractivity contribution in [2.75, 3.05) is 0 Å². The first-order chi connectivity index (χ1) is 4.74. The molecule has 0 saturated carbocycles. The minimum absolute atomic E-state index is 0.150. The molecule has 2 heteroatoms. The summed E-state index contributed by atoms with van der Waals surface area (Å²) in [6.45, 7) is 3.79. The summed E-state index contributed by atoms with van der Waals surface area (Å²) in [7, 11) is 0. The highest BCUT2D eigenvalue weighted by atomic mass is 16.1. The van der Waals surface area contributed by atoms with Crippen molar-refractivity contribution in [2.45, 2.75) is 26.7 Å². The monoisotopic (exact) mass is 137 g/mol. The number of rotatable bonds is 2. The van der Waals surface area contributed by atoms with E-state index in [1.165, 1.54) is 0 Å². The third-order valence-corrected chi connectivity index (χ3v) is 1.51. The van der Waals surface area contributed by atoms with Crippen molar-refractivity contribution in [3.8, 4) is 0 Å². The van der Waals surface area contributed by atoms with Gasteiger partial charge in [-0.15, -0.1) is 0 Å². The number of Topliss-reactive ketones (excluding diaryl/α,β-unsaturated/α-hetero) is 1. The topological polar surface area (TPSA) is 29.4 Å². The zero-order chi connectivity index (χ0) is 7.56. The molecule has 1 aliphatic rings. The molecule has 0 aromatic carbocycles. The molecule has 0 aliphatic carbocycles. The van der Waals surface area contributed by atoms with Gasteiger partial charge >= 0.3 is 0 Å². The van der Waals surface area contributed by atoms with Gasteiger partial charge in [-0.1, -0.05) is 6.92 Å². The van der Waals surface area contributed by atoms with Gasteiger partial charge in [0.05, 0.1) is 0 Å². The fourth-order valence-electron chi connectivity index (χ4n) is 0.899. The van der Waals surface area contributed by atoms with Crippen molar-refractivity contribution < 1.29 is 4.79 Å². The van der Waals surface area contributed by atoms with Crippen LogP contribution in [0.15, 0.2) is 16.8 Å². The number of allylic oxidation sites excluding steroid dienone is 2. The van der Waals surface area contributed by atoms with Crippen molar-refractivity contribution in [1.29, 1.82) is 0 Å². The molecule has 0 spiro atoms. The third kappa shape index (κ3) is 1.32. The van der Waals surface area contributed by atoms with Crippen LogP contribution in [0.5, 0.6) is 0 Å². The van der Waals surface area contributed by atoms with Gasteiger partial charge in [-0.25, -0.2) is 0 Å². The molecule has 0 aromatic rings. The fraction of sp³-hybridized carbons (Fsp3) is 0.500. The maximum absolute atomic E-state index is 11.0. The van der Waals surface area contributed by atoms with Crippen LogP contribution in [-0.2, 0) is 4.79 Å². The first kappa shape index (κ1) is 7.19. The van der Waals surface area contributed by atoms with Gasteiger partial charge in [-0.2, -0.15) is 0 Å². The maximum atomic E-state index is 11.0. The Morgan fingerprint density at radius 1 is 1.80 bits per heavy atom. The Kier molecular flexibility index (Phi) is 2.00. The summed E-state index contributed by atoms with van der Waals surface area (Å²) in [5, 5.41) is 0. The zero-order valence-electron chi connectivity index (χ0n) is 6.35. The molecule has 0 saturated heterocycles. The highest BCUT2D eigenvalue weighted by Gasteiger charge is 2.10. The van der Waals surface area contributed by atoms with E-state index < -0.39 is 0 Å². The standard InChI is InChI=1S/C8H11NO/c1-3-8(10)7-5-4-6(2)9-7/h5H,3-4H2,1-2H3. The van der Waals surface area contributed by atoms with Crippen molar-refractivity contribution in [3.05, 3.63) is 11.8 Å². The van der Waals surface area contributed by atoms with E-state index >= 15 is 0 Å². The molecule has 0 bridgehead atoms. The Balaban J connectivity index is 2.67. The summed E-state index contributed by atoms with van der Waals surface area (Å²) in [5.41, 5.74) is 1.69. The second-order valence-electron chi connectivity index (χ2n) is 2.42. The molecule has 10 heavy (non-hydrogen) atoms. The SMILES string of the molecule is CCC(=O)C1=CCC(C)=N1. The molecule has 0 radical (unpaired) electrons. The summed E-state index contributed by atoms with van der Waals surface area (Å²) in [6, 6.07) is 0. The van der Waals surface area contributed by atoms with Crippen molar-refractivity contribution in [2.24, 2.45) is 4.99 Å². The summed E-state index contributed by atoms with van der Waals surface area (Å²) in [6.07, 6.45) is 3.30. The van der Waals surface area contributed by atoms with Gasteiger partial charge in [0.1, 0.15) is 5.70 Å². The molecule has 0 fully saturated rings. The van der Waals surface area contributed by atoms with Crippen LogP contribution in [0.3, 0.4) is 0 Å². The number of carbonyl (C=O) groups excluding carboxylic acids is 1. The normalized spacial score (nSPS) is 16.6. The van der Waals surface area contributed by atoms with E-state index in [4.69, 9.17) is 0 Å². The van der Waals surface area contributed by atoms with E-state index in [1.807, 2.05) is 19.9 Å².